The number of anilines is 2. The molecule has 0 fully saturated rings. The molecule has 0 aliphatic carbocycles. The van der Waals surface area contributed by atoms with Gasteiger partial charge in [0.15, 0.2) is 23.8 Å². The molecule has 0 heterocycles. The summed E-state index contributed by atoms with van der Waals surface area (Å²) in [6, 6.07) is 22.3. The van der Waals surface area contributed by atoms with Gasteiger partial charge in [-0.2, -0.15) is 20.0 Å². The first-order valence-electron chi connectivity index (χ1n) is 21.8. The van der Waals surface area contributed by atoms with Gasteiger partial charge in [-0.1, -0.05) is 35.4 Å². The highest BCUT2D eigenvalue weighted by Crippen LogP contribution is 2.33. The van der Waals surface area contributed by atoms with Gasteiger partial charge >= 0.3 is 0 Å². The number of aliphatic imine (C=N–C) groups is 6. The zero-order chi connectivity index (χ0) is 52.5. The first kappa shape index (κ1) is 57.2. The maximum atomic E-state index is 8.44. The summed E-state index contributed by atoms with van der Waals surface area (Å²) in [5.41, 5.74) is 61.0. The standard InChI is InChI=1S/C22H32N10.2C12H19N5O2/c1-13-5-7-17(15(3)11-13)31(21(27)29-19(23)24)9-10-32(22(28)30-20(25)26)18-8-6-14(2)12-16(18)4;2*1-3-18-8-5-6-10(19-4-2)9(7-8)16-12(15)17-11(13)14/h5-8,11-12H,9-10H2,1-4H3,(H5,23,24,27,29)(H5,25,26,28,30);2*5-7H,3-4H2,1-2H3,(H6,13,14,15,16,17). The van der Waals surface area contributed by atoms with Crippen LogP contribution in [0.1, 0.15) is 49.9 Å². The van der Waals surface area contributed by atoms with E-state index in [-0.39, 0.29) is 47.7 Å². The van der Waals surface area contributed by atoms with E-state index in [0.29, 0.717) is 73.9 Å². The van der Waals surface area contributed by atoms with E-state index in [4.69, 9.17) is 87.1 Å². The Hall–Kier alpha value is -8.96. The molecule has 378 valence electrons. The summed E-state index contributed by atoms with van der Waals surface area (Å²) < 4.78 is 21.7. The summed E-state index contributed by atoms with van der Waals surface area (Å²) in [4.78, 5) is 26.8. The van der Waals surface area contributed by atoms with Crippen molar-refractivity contribution in [2.24, 2.45) is 87.3 Å². The van der Waals surface area contributed by atoms with Gasteiger partial charge in [0.2, 0.25) is 23.8 Å². The Labute approximate surface area is 409 Å². The third-order valence-electron chi connectivity index (χ3n) is 8.85. The fourth-order valence-electron chi connectivity index (χ4n) is 6.26. The molecule has 24 nitrogen and oxygen atoms in total. The lowest BCUT2D eigenvalue weighted by Gasteiger charge is -2.30. The van der Waals surface area contributed by atoms with E-state index in [1.54, 1.807) is 46.2 Å². The predicted octanol–water partition coefficient (Wildman–Crippen LogP) is 3.06. The first-order valence-corrected chi connectivity index (χ1v) is 21.8. The molecule has 0 saturated carbocycles. The van der Waals surface area contributed by atoms with E-state index in [9.17, 15) is 0 Å². The third-order valence-corrected chi connectivity index (χ3v) is 8.85. The zero-order valence-electron chi connectivity index (χ0n) is 41.2. The minimum atomic E-state index is -0.204. The topological polar surface area (TPSA) is 425 Å². The molecule has 0 atom stereocenters. The van der Waals surface area contributed by atoms with Crippen LogP contribution in [0.15, 0.2) is 103 Å². The van der Waals surface area contributed by atoms with Crippen LogP contribution in [-0.2, 0) is 0 Å². The van der Waals surface area contributed by atoms with Crippen molar-refractivity contribution in [2.45, 2.75) is 55.4 Å². The average molecular weight is 967 g/mol. The van der Waals surface area contributed by atoms with Crippen molar-refractivity contribution < 1.29 is 18.9 Å². The van der Waals surface area contributed by atoms with Gasteiger partial charge in [-0.3, -0.25) is 10.8 Å². The Morgan fingerprint density at radius 1 is 0.443 bits per heavy atom. The van der Waals surface area contributed by atoms with Crippen molar-refractivity contribution in [1.82, 2.24) is 0 Å². The van der Waals surface area contributed by atoms with Crippen LogP contribution in [0.25, 0.3) is 0 Å². The molecule has 0 amide bonds. The van der Waals surface area contributed by atoms with E-state index in [1.807, 2.05) is 91.8 Å². The van der Waals surface area contributed by atoms with Crippen LogP contribution in [0.4, 0.5) is 22.7 Å². The van der Waals surface area contributed by atoms with Crippen LogP contribution in [0, 0.1) is 38.5 Å². The van der Waals surface area contributed by atoms with Gasteiger partial charge in [0, 0.05) is 36.6 Å². The molecular formula is C46H70N20O4. The zero-order valence-corrected chi connectivity index (χ0v) is 41.2. The fraction of sp³-hybridized carbons (Fsp3) is 0.304. The van der Waals surface area contributed by atoms with Gasteiger partial charge in [0.1, 0.15) is 34.4 Å². The summed E-state index contributed by atoms with van der Waals surface area (Å²) in [6.45, 7) is 18.2. The van der Waals surface area contributed by atoms with Gasteiger partial charge in [-0.15, -0.1) is 0 Å². The molecule has 4 rings (SSSR count). The molecule has 0 saturated heterocycles. The Morgan fingerprint density at radius 3 is 1.06 bits per heavy atom. The van der Waals surface area contributed by atoms with E-state index >= 15 is 0 Å². The third kappa shape index (κ3) is 19.9. The second kappa shape index (κ2) is 28.9. The molecule has 70 heavy (non-hydrogen) atoms. The van der Waals surface area contributed by atoms with Crippen LogP contribution >= 0.6 is 0 Å². The Bertz CT molecular complexity index is 2380. The van der Waals surface area contributed by atoms with Crippen LogP contribution < -0.4 is 86.1 Å². The highest BCUT2D eigenvalue weighted by molar-refractivity contribution is 6.03. The largest absolute Gasteiger partial charge is 0.494 e. The Kier molecular flexibility index (Phi) is 23.6. The van der Waals surface area contributed by atoms with Crippen molar-refractivity contribution in [3.05, 3.63) is 95.1 Å². The van der Waals surface area contributed by atoms with Crippen LogP contribution in [0.2, 0.25) is 0 Å². The molecule has 4 aromatic rings. The minimum Gasteiger partial charge on any atom is -0.494 e. The van der Waals surface area contributed by atoms with Crippen molar-refractivity contribution in [2.75, 3.05) is 49.3 Å². The van der Waals surface area contributed by atoms with Gasteiger partial charge in [0.25, 0.3) is 0 Å². The normalized spacial score (nSPS) is 10.6. The van der Waals surface area contributed by atoms with Gasteiger partial charge in [-0.25, -0.2) is 9.98 Å². The number of rotatable bonds is 15. The van der Waals surface area contributed by atoms with Crippen LogP contribution in [-0.4, -0.2) is 87.2 Å². The number of benzene rings is 4. The van der Waals surface area contributed by atoms with Crippen molar-refractivity contribution in [3.8, 4) is 23.0 Å². The molecule has 0 aliphatic rings. The Morgan fingerprint density at radius 2 is 0.771 bits per heavy atom. The first-order chi connectivity index (χ1) is 33.1. The highest BCUT2D eigenvalue weighted by atomic mass is 16.5. The second-order valence-electron chi connectivity index (χ2n) is 14.6. The predicted molar refractivity (Wildman–Crippen MR) is 285 cm³/mol. The van der Waals surface area contributed by atoms with E-state index in [1.165, 1.54) is 0 Å². The summed E-state index contributed by atoms with van der Waals surface area (Å²) >= 11 is 0. The number of nitrogens with two attached hydrogens (primary N) is 10. The molecule has 24 heteroatoms. The van der Waals surface area contributed by atoms with E-state index in [2.05, 4.69) is 30.0 Å². The molecular weight excluding hydrogens is 897 g/mol. The summed E-state index contributed by atoms with van der Waals surface area (Å²) in [5, 5.41) is 16.9. The summed E-state index contributed by atoms with van der Waals surface area (Å²) in [5.74, 6) is 1.48. The maximum absolute atomic E-state index is 8.44. The van der Waals surface area contributed by atoms with Crippen molar-refractivity contribution in [1.29, 1.82) is 10.8 Å². The summed E-state index contributed by atoms with van der Waals surface area (Å²) in [6.07, 6.45) is 0. The van der Waals surface area contributed by atoms with Crippen molar-refractivity contribution in [3.63, 3.8) is 0 Å². The minimum absolute atomic E-state index is 0.0467. The molecule has 22 N–H and O–H groups in total. The lowest BCUT2D eigenvalue weighted by atomic mass is 10.1. The number of hydrogen-bond acceptors (Lipinski definition) is 8. The van der Waals surface area contributed by atoms with Gasteiger partial charge in [-0.05, 0) is 103 Å². The molecule has 0 aromatic heterocycles. The Balaban J connectivity index is 0.000000382. The SMILES string of the molecule is CCOc1ccc(OCC)c(N=C(N)N=C(N)N)c1.CCOc1ccc(OCC)c(N=C(N)N=C(N)N)c1.Cc1ccc(N(CCN(C(=N)N=C(N)N)c2ccc(C)cc2C)C(=N)N=C(N)N)c(C)c1. The number of guanidine groups is 8. The number of hydrogen-bond donors (Lipinski definition) is 12. The lowest BCUT2D eigenvalue weighted by molar-refractivity contribution is 0.331. The highest BCUT2D eigenvalue weighted by Gasteiger charge is 2.20. The monoisotopic (exact) mass is 967 g/mol. The average Bonchev–Trinajstić information content (AvgIpc) is 3.25. The van der Waals surface area contributed by atoms with E-state index in [0.717, 1.165) is 33.6 Å². The number of nitrogens with one attached hydrogen (secondary N) is 2. The molecule has 0 radical (unpaired) electrons. The molecule has 4 aromatic carbocycles. The molecule has 0 spiro atoms. The van der Waals surface area contributed by atoms with Gasteiger partial charge in [0.05, 0.1) is 26.4 Å². The summed E-state index contributed by atoms with van der Waals surface area (Å²) in [7, 11) is 0. The van der Waals surface area contributed by atoms with Crippen LogP contribution in [0.3, 0.4) is 0 Å². The number of nitrogens with zero attached hydrogens (tertiary/aromatic N) is 8. The lowest BCUT2D eigenvalue weighted by Crippen LogP contribution is -2.42. The van der Waals surface area contributed by atoms with Crippen molar-refractivity contribution >= 4 is 70.4 Å². The quantitative estimate of drug-likeness (QED) is 0.0601. The van der Waals surface area contributed by atoms with Gasteiger partial charge < -0.3 is 86.1 Å². The number of aryl methyl sites for hydroxylation is 4. The fourth-order valence-corrected chi connectivity index (χ4v) is 6.26. The van der Waals surface area contributed by atoms with E-state index < -0.39 is 0 Å². The smallest absolute Gasteiger partial charge is 0.225 e. The molecule has 0 unspecified atom stereocenters. The number of ether oxygens (including phenoxy) is 4. The van der Waals surface area contributed by atoms with Crippen LogP contribution in [0.5, 0.6) is 23.0 Å². The second-order valence-corrected chi connectivity index (χ2v) is 14.6. The maximum Gasteiger partial charge on any atom is 0.225 e. The molecule has 0 aliphatic heterocycles. The molecule has 0 bridgehead atoms.